The highest BCUT2D eigenvalue weighted by Crippen LogP contribution is 1.92. The molecule has 0 aliphatic carbocycles. The van der Waals surface area contributed by atoms with E-state index in [4.69, 9.17) is 4.74 Å². The molecule has 1 aromatic heterocycles. The summed E-state index contributed by atoms with van der Waals surface area (Å²) in [5.74, 6) is 0. The van der Waals surface area contributed by atoms with E-state index in [9.17, 15) is 0 Å². The molecule has 5 N–H and O–H groups in total. The van der Waals surface area contributed by atoms with Gasteiger partial charge in [0.15, 0.2) is 0 Å². The van der Waals surface area contributed by atoms with Crippen molar-refractivity contribution in [3.63, 3.8) is 0 Å². The second-order valence-corrected chi connectivity index (χ2v) is 1.24. The number of aromatic nitrogens is 2. The largest absolute Gasteiger partial charge is 0.467 e. The molecule has 0 spiro atoms. The Bertz CT molecular complexity index is 156. The number of methoxy groups -OCH3 is 1. The minimum absolute atomic E-state index is 0. The van der Waals surface area contributed by atoms with Crippen molar-refractivity contribution in [2.45, 2.75) is 0 Å². The zero-order valence-corrected chi connectivity index (χ0v) is 5.74. The van der Waals surface area contributed by atoms with Crippen LogP contribution >= 0.6 is 0 Å². The summed E-state index contributed by atoms with van der Waals surface area (Å²) in [4.78, 5) is 7.53. The van der Waals surface area contributed by atoms with Gasteiger partial charge in [-0.05, 0) is 6.07 Å². The van der Waals surface area contributed by atoms with E-state index in [2.05, 4.69) is 9.97 Å². The Balaban J connectivity index is 0. The second-order valence-electron chi connectivity index (χ2n) is 1.24. The van der Waals surface area contributed by atoms with Gasteiger partial charge >= 0.3 is 6.01 Å². The lowest BCUT2D eigenvalue weighted by atomic mass is 10.7. The average Bonchev–Trinajstić information content (AvgIpc) is 1.90. The van der Waals surface area contributed by atoms with Crippen LogP contribution in [0.15, 0.2) is 18.5 Å². The third kappa shape index (κ3) is 2.95. The number of rotatable bonds is 1. The summed E-state index contributed by atoms with van der Waals surface area (Å²) in [7, 11) is 1.54. The highest BCUT2D eigenvalue weighted by Gasteiger charge is 1.84. The lowest BCUT2D eigenvalue weighted by Gasteiger charge is -1.90. The summed E-state index contributed by atoms with van der Waals surface area (Å²) >= 11 is 0. The van der Waals surface area contributed by atoms with Gasteiger partial charge < -0.3 is 16.4 Å². The topological polar surface area (TPSA) is 102 Å². The Labute approximate surface area is 59.0 Å². The van der Waals surface area contributed by atoms with Crippen molar-refractivity contribution in [1.29, 1.82) is 0 Å². The molecule has 0 radical (unpaired) electrons. The summed E-state index contributed by atoms with van der Waals surface area (Å²) in [6, 6.07) is 2.15. The molecule has 1 rings (SSSR count). The quantitative estimate of drug-likeness (QED) is 0.592. The van der Waals surface area contributed by atoms with E-state index in [1.807, 2.05) is 0 Å². The van der Waals surface area contributed by atoms with Gasteiger partial charge in [-0.15, -0.1) is 0 Å². The van der Waals surface area contributed by atoms with Gasteiger partial charge in [0.05, 0.1) is 7.11 Å². The van der Waals surface area contributed by atoms with Crippen LogP contribution in [0.3, 0.4) is 0 Å². The normalized spacial score (nSPS) is 6.90. The Morgan fingerprint density at radius 1 is 1.30 bits per heavy atom. The number of hydrogen-bond donors (Lipinski definition) is 1. The molecule has 1 heterocycles. The molecule has 0 amide bonds. The van der Waals surface area contributed by atoms with Crippen molar-refractivity contribution in [2.24, 2.45) is 0 Å². The van der Waals surface area contributed by atoms with E-state index in [1.165, 1.54) is 7.11 Å². The van der Waals surface area contributed by atoms with Crippen molar-refractivity contribution in [3.05, 3.63) is 18.5 Å². The Morgan fingerprint density at radius 3 is 2.10 bits per heavy atom. The fraction of sp³-hybridized carbons (Fsp3) is 0.200. The van der Waals surface area contributed by atoms with Gasteiger partial charge in [0.25, 0.3) is 0 Å². The molecule has 5 nitrogen and oxygen atoms in total. The molecule has 0 saturated carbocycles. The molecule has 0 saturated heterocycles. The standard InChI is InChI=1S/C5H6N2O.H3N.H2O/c1-8-5-6-3-2-4-7-5;;/h2-4H,1H3;1H3;1H2. The van der Waals surface area contributed by atoms with Crippen LogP contribution in [0.2, 0.25) is 0 Å². The van der Waals surface area contributed by atoms with Gasteiger partial charge in [0.1, 0.15) is 0 Å². The van der Waals surface area contributed by atoms with Crippen LogP contribution in [-0.2, 0) is 0 Å². The Hall–Kier alpha value is -1.20. The van der Waals surface area contributed by atoms with Crippen molar-refractivity contribution in [1.82, 2.24) is 16.1 Å². The molecule has 0 aliphatic rings. The first-order valence-electron chi connectivity index (χ1n) is 2.24. The minimum Gasteiger partial charge on any atom is -0.467 e. The van der Waals surface area contributed by atoms with E-state index in [0.29, 0.717) is 6.01 Å². The molecule has 0 atom stereocenters. The first kappa shape index (κ1) is 11.6. The number of ether oxygens (including phenoxy) is 1. The van der Waals surface area contributed by atoms with Crippen molar-refractivity contribution in [2.75, 3.05) is 7.11 Å². The van der Waals surface area contributed by atoms with Crippen LogP contribution in [-0.4, -0.2) is 22.6 Å². The van der Waals surface area contributed by atoms with Crippen LogP contribution < -0.4 is 10.9 Å². The fourth-order valence-corrected chi connectivity index (χ4v) is 0.391. The van der Waals surface area contributed by atoms with E-state index in [-0.39, 0.29) is 11.6 Å². The lowest BCUT2D eigenvalue weighted by Crippen LogP contribution is -1.87. The smallest absolute Gasteiger partial charge is 0.315 e. The number of nitrogens with zero attached hydrogens (tertiary/aromatic N) is 2. The van der Waals surface area contributed by atoms with Crippen LogP contribution in [0.1, 0.15) is 0 Å². The average molecular weight is 145 g/mol. The summed E-state index contributed by atoms with van der Waals surface area (Å²) in [5, 5.41) is 0. The van der Waals surface area contributed by atoms with Gasteiger partial charge in [-0.1, -0.05) is 0 Å². The zero-order valence-electron chi connectivity index (χ0n) is 5.74. The molecule has 5 heteroatoms. The highest BCUT2D eigenvalue weighted by atomic mass is 16.5. The van der Waals surface area contributed by atoms with Crippen LogP contribution in [0.25, 0.3) is 0 Å². The molecule has 58 valence electrons. The minimum atomic E-state index is 0. The van der Waals surface area contributed by atoms with Crippen LogP contribution in [0.5, 0.6) is 6.01 Å². The molecule has 0 unspecified atom stereocenters. The van der Waals surface area contributed by atoms with Crippen LogP contribution in [0.4, 0.5) is 0 Å². The molecule has 1 aromatic rings. The molecule has 0 aromatic carbocycles. The third-order valence-electron chi connectivity index (χ3n) is 0.725. The molecule has 0 aliphatic heterocycles. The molecule has 10 heavy (non-hydrogen) atoms. The van der Waals surface area contributed by atoms with Gasteiger partial charge in [0.2, 0.25) is 0 Å². The maximum absolute atomic E-state index is 4.69. The zero-order chi connectivity index (χ0) is 5.82. The van der Waals surface area contributed by atoms with Crippen molar-refractivity contribution >= 4 is 0 Å². The van der Waals surface area contributed by atoms with Gasteiger partial charge in [0, 0.05) is 12.4 Å². The Morgan fingerprint density at radius 2 is 1.80 bits per heavy atom. The second kappa shape index (κ2) is 5.93. The molecular weight excluding hydrogens is 134 g/mol. The predicted octanol–water partition coefficient (Wildman–Crippen LogP) is -0.178. The van der Waals surface area contributed by atoms with E-state index in [0.717, 1.165) is 0 Å². The lowest BCUT2D eigenvalue weighted by molar-refractivity contribution is 0.379. The Kier molecular flexibility index (Phi) is 6.86. The maximum Gasteiger partial charge on any atom is 0.315 e. The van der Waals surface area contributed by atoms with E-state index >= 15 is 0 Å². The van der Waals surface area contributed by atoms with Gasteiger partial charge in [-0.3, -0.25) is 0 Å². The van der Waals surface area contributed by atoms with E-state index in [1.54, 1.807) is 18.5 Å². The molecule has 0 bridgehead atoms. The van der Waals surface area contributed by atoms with Crippen molar-refractivity contribution in [3.8, 4) is 6.01 Å². The van der Waals surface area contributed by atoms with Crippen LogP contribution in [0, 0.1) is 0 Å². The summed E-state index contributed by atoms with van der Waals surface area (Å²) in [5.41, 5.74) is 0. The first-order valence-corrected chi connectivity index (χ1v) is 2.24. The SMILES string of the molecule is COc1ncccn1.N.O. The van der Waals surface area contributed by atoms with Crippen molar-refractivity contribution < 1.29 is 10.2 Å². The summed E-state index contributed by atoms with van der Waals surface area (Å²) < 4.78 is 4.69. The summed E-state index contributed by atoms with van der Waals surface area (Å²) in [6.07, 6.45) is 3.26. The highest BCUT2D eigenvalue weighted by molar-refractivity contribution is 4.92. The maximum atomic E-state index is 4.69. The summed E-state index contributed by atoms with van der Waals surface area (Å²) in [6.45, 7) is 0. The van der Waals surface area contributed by atoms with Gasteiger partial charge in [-0.25, -0.2) is 9.97 Å². The predicted molar refractivity (Wildman–Crippen MR) is 37.2 cm³/mol. The van der Waals surface area contributed by atoms with Gasteiger partial charge in [-0.2, -0.15) is 0 Å². The third-order valence-corrected chi connectivity index (χ3v) is 0.725. The number of hydrogen-bond acceptors (Lipinski definition) is 4. The monoisotopic (exact) mass is 145 g/mol. The van der Waals surface area contributed by atoms with E-state index < -0.39 is 0 Å². The fourth-order valence-electron chi connectivity index (χ4n) is 0.391. The molecule has 0 fully saturated rings. The molecular formula is C5H11N3O2. The first-order chi connectivity index (χ1) is 3.93.